The summed E-state index contributed by atoms with van der Waals surface area (Å²) in [4.78, 5) is 8.72. The highest BCUT2D eigenvalue weighted by Crippen LogP contribution is 2.19. The standard InChI is InChI=1S/C12H17N3S/c1-9-5-7-16-12(14-9)15-10(2)11-4-3-6-13-8-11/h3-4,6,8-10H,5,7H2,1-2H3,(H,14,15). The van der Waals surface area contributed by atoms with Gasteiger partial charge < -0.3 is 5.32 Å². The second-order valence-corrected chi connectivity index (χ2v) is 5.16. The van der Waals surface area contributed by atoms with Crippen LogP contribution in [-0.4, -0.2) is 21.9 Å². The third-order valence-corrected chi connectivity index (χ3v) is 3.57. The first kappa shape index (κ1) is 11.5. The van der Waals surface area contributed by atoms with Gasteiger partial charge in [0.15, 0.2) is 5.17 Å². The summed E-state index contributed by atoms with van der Waals surface area (Å²) in [5, 5.41) is 4.50. The topological polar surface area (TPSA) is 37.3 Å². The monoisotopic (exact) mass is 235 g/mol. The van der Waals surface area contributed by atoms with Gasteiger partial charge in [-0.2, -0.15) is 0 Å². The Balaban J connectivity index is 2.00. The summed E-state index contributed by atoms with van der Waals surface area (Å²) in [5.74, 6) is 1.16. The van der Waals surface area contributed by atoms with Crippen molar-refractivity contribution in [3.05, 3.63) is 30.1 Å². The molecule has 0 amide bonds. The molecule has 0 saturated carbocycles. The SMILES string of the molecule is CC1CCSC(NC(C)c2cccnc2)=N1. The summed E-state index contributed by atoms with van der Waals surface area (Å²) in [6, 6.07) is 4.77. The maximum absolute atomic E-state index is 4.60. The number of aliphatic imine (C=N–C) groups is 1. The first-order valence-electron chi connectivity index (χ1n) is 5.63. The maximum Gasteiger partial charge on any atom is 0.157 e. The Bertz CT molecular complexity index is 364. The Hall–Kier alpha value is -1.03. The number of rotatable bonds is 2. The van der Waals surface area contributed by atoms with E-state index in [9.17, 15) is 0 Å². The molecular weight excluding hydrogens is 218 g/mol. The molecule has 4 heteroatoms. The molecule has 2 rings (SSSR count). The molecule has 1 aliphatic rings. The molecule has 0 radical (unpaired) electrons. The highest BCUT2D eigenvalue weighted by molar-refractivity contribution is 8.13. The van der Waals surface area contributed by atoms with E-state index < -0.39 is 0 Å². The Morgan fingerprint density at radius 2 is 2.44 bits per heavy atom. The molecule has 2 atom stereocenters. The van der Waals surface area contributed by atoms with E-state index in [0.717, 1.165) is 10.9 Å². The molecule has 0 aliphatic carbocycles. The summed E-state index contributed by atoms with van der Waals surface area (Å²) in [6.07, 6.45) is 4.87. The van der Waals surface area contributed by atoms with Crippen molar-refractivity contribution in [2.24, 2.45) is 4.99 Å². The molecule has 0 fully saturated rings. The smallest absolute Gasteiger partial charge is 0.157 e. The van der Waals surface area contributed by atoms with E-state index in [1.807, 2.05) is 24.0 Å². The van der Waals surface area contributed by atoms with Gasteiger partial charge in [-0.25, -0.2) is 0 Å². The molecule has 1 aromatic rings. The van der Waals surface area contributed by atoms with Crippen molar-refractivity contribution in [3.8, 4) is 0 Å². The lowest BCUT2D eigenvalue weighted by molar-refractivity contribution is 0.681. The number of pyridine rings is 1. The quantitative estimate of drug-likeness (QED) is 0.856. The number of nitrogens with one attached hydrogen (secondary N) is 1. The van der Waals surface area contributed by atoms with Gasteiger partial charge in [0.1, 0.15) is 0 Å². The number of amidine groups is 1. The van der Waals surface area contributed by atoms with Crippen LogP contribution in [0.15, 0.2) is 29.5 Å². The van der Waals surface area contributed by atoms with Crippen LogP contribution in [0.2, 0.25) is 0 Å². The van der Waals surface area contributed by atoms with Crippen molar-refractivity contribution < 1.29 is 0 Å². The van der Waals surface area contributed by atoms with Crippen LogP contribution >= 0.6 is 11.8 Å². The number of hydrogen-bond acceptors (Lipinski definition) is 4. The van der Waals surface area contributed by atoms with Crippen molar-refractivity contribution >= 4 is 16.9 Å². The van der Waals surface area contributed by atoms with E-state index in [0.29, 0.717) is 6.04 Å². The third kappa shape index (κ3) is 2.98. The molecule has 16 heavy (non-hydrogen) atoms. The minimum atomic E-state index is 0.269. The fourth-order valence-corrected chi connectivity index (χ4v) is 2.77. The van der Waals surface area contributed by atoms with Gasteiger partial charge in [0, 0.05) is 18.1 Å². The van der Waals surface area contributed by atoms with E-state index >= 15 is 0 Å². The molecule has 3 nitrogen and oxygen atoms in total. The molecule has 86 valence electrons. The Morgan fingerprint density at radius 1 is 1.56 bits per heavy atom. The lowest BCUT2D eigenvalue weighted by atomic mass is 10.1. The zero-order valence-electron chi connectivity index (χ0n) is 9.68. The van der Waals surface area contributed by atoms with Gasteiger partial charge in [-0.1, -0.05) is 17.8 Å². The van der Waals surface area contributed by atoms with E-state index in [1.54, 1.807) is 6.20 Å². The lowest BCUT2D eigenvalue weighted by Crippen LogP contribution is -2.28. The van der Waals surface area contributed by atoms with Gasteiger partial charge in [0.2, 0.25) is 0 Å². The summed E-state index contributed by atoms with van der Waals surface area (Å²) in [5.41, 5.74) is 1.20. The van der Waals surface area contributed by atoms with Gasteiger partial charge in [-0.05, 0) is 31.9 Å². The van der Waals surface area contributed by atoms with Crippen molar-refractivity contribution in [1.29, 1.82) is 0 Å². The molecule has 1 N–H and O–H groups in total. The van der Waals surface area contributed by atoms with Crippen LogP contribution in [0.5, 0.6) is 0 Å². The van der Waals surface area contributed by atoms with Crippen molar-refractivity contribution in [2.45, 2.75) is 32.4 Å². The first-order valence-corrected chi connectivity index (χ1v) is 6.61. The van der Waals surface area contributed by atoms with Crippen LogP contribution < -0.4 is 5.32 Å². The molecule has 0 aromatic carbocycles. The minimum absolute atomic E-state index is 0.269. The highest BCUT2D eigenvalue weighted by atomic mass is 32.2. The van der Waals surface area contributed by atoms with Crippen LogP contribution in [0.1, 0.15) is 31.9 Å². The van der Waals surface area contributed by atoms with Gasteiger partial charge in [0.05, 0.1) is 12.1 Å². The zero-order valence-corrected chi connectivity index (χ0v) is 10.5. The fraction of sp³-hybridized carbons (Fsp3) is 0.500. The fourth-order valence-electron chi connectivity index (χ4n) is 1.61. The highest BCUT2D eigenvalue weighted by Gasteiger charge is 2.14. The summed E-state index contributed by atoms with van der Waals surface area (Å²) in [6.45, 7) is 4.30. The third-order valence-electron chi connectivity index (χ3n) is 2.64. The van der Waals surface area contributed by atoms with E-state index in [-0.39, 0.29) is 6.04 Å². The maximum atomic E-state index is 4.60. The van der Waals surface area contributed by atoms with Crippen LogP contribution in [0, 0.1) is 0 Å². The van der Waals surface area contributed by atoms with E-state index in [1.165, 1.54) is 12.0 Å². The Kier molecular flexibility index (Phi) is 3.83. The van der Waals surface area contributed by atoms with Crippen LogP contribution in [0.25, 0.3) is 0 Å². The molecule has 0 saturated heterocycles. The molecular formula is C12H17N3S. The van der Waals surface area contributed by atoms with Crippen molar-refractivity contribution in [1.82, 2.24) is 10.3 Å². The van der Waals surface area contributed by atoms with Gasteiger partial charge >= 0.3 is 0 Å². The summed E-state index contributed by atoms with van der Waals surface area (Å²) in [7, 11) is 0. The van der Waals surface area contributed by atoms with Crippen LogP contribution in [0.3, 0.4) is 0 Å². The van der Waals surface area contributed by atoms with Crippen molar-refractivity contribution in [3.63, 3.8) is 0 Å². The van der Waals surface area contributed by atoms with Gasteiger partial charge in [-0.3, -0.25) is 9.98 Å². The van der Waals surface area contributed by atoms with Gasteiger partial charge in [0.25, 0.3) is 0 Å². The van der Waals surface area contributed by atoms with Gasteiger partial charge in [-0.15, -0.1) is 0 Å². The predicted molar refractivity (Wildman–Crippen MR) is 69.8 cm³/mol. The molecule has 0 spiro atoms. The number of thioether (sulfide) groups is 1. The number of aromatic nitrogens is 1. The number of hydrogen-bond donors (Lipinski definition) is 1. The zero-order chi connectivity index (χ0) is 11.4. The first-order chi connectivity index (χ1) is 7.75. The molecule has 1 aromatic heterocycles. The second kappa shape index (κ2) is 5.34. The van der Waals surface area contributed by atoms with Crippen LogP contribution in [-0.2, 0) is 0 Å². The number of nitrogens with zero attached hydrogens (tertiary/aromatic N) is 2. The molecule has 0 bridgehead atoms. The van der Waals surface area contributed by atoms with Crippen molar-refractivity contribution in [2.75, 3.05) is 5.75 Å². The average Bonchev–Trinajstić information content (AvgIpc) is 2.30. The normalized spacial score (nSPS) is 22.4. The lowest BCUT2D eigenvalue weighted by Gasteiger charge is -2.21. The van der Waals surface area contributed by atoms with Crippen LogP contribution in [0.4, 0.5) is 0 Å². The summed E-state index contributed by atoms with van der Waals surface area (Å²) >= 11 is 1.81. The van der Waals surface area contributed by atoms with E-state index in [4.69, 9.17) is 0 Å². The molecule has 2 heterocycles. The second-order valence-electron chi connectivity index (χ2n) is 4.07. The Morgan fingerprint density at radius 3 is 3.12 bits per heavy atom. The minimum Gasteiger partial charge on any atom is -0.358 e. The molecule has 1 aliphatic heterocycles. The predicted octanol–water partition coefficient (Wildman–Crippen LogP) is 2.61. The largest absolute Gasteiger partial charge is 0.358 e. The van der Waals surface area contributed by atoms with E-state index in [2.05, 4.69) is 35.2 Å². The Labute approximate surface area is 101 Å². The average molecular weight is 235 g/mol. The molecule has 2 unspecified atom stereocenters. The summed E-state index contributed by atoms with van der Waals surface area (Å²) < 4.78 is 0.